The number of phenolic OH excluding ortho intramolecular Hbond substituents is 1. The molecule has 1 aromatic rings. The van der Waals surface area contributed by atoms with Gasteiger partial charge in [0.25, 0.3) is 0 Å². The molecular formula is C9H7IO3. The topological polar surface area (TPSA) is 46.5 Å². The zero-order chi connectivity index (χ0) is 9.42. The van der Waals surface area contributed by atoms with Gasteiger partial charge in [0.05, 0.1) is 15.7 Å². The summed E-state index contributed by atoms with van der Waals surface area (Å²) in [7, 11) is 0. The maximum atomic E-state index is 11.4. The highest BCUT2D eigenvalue weighted by Crippen LogP contribution is 2.33. The number of ether oxygens (including phenoxy) is 1. The summed E-state index contributed by atoms with van der Waals surface area (Å²) >= 11 is 2.04. The molecule has 1 aliphatic rings. The number of rotatable bonds is 0. The van der Waals surface area contributed by atoms with Gasteiger partial charge in [0.15, 0.2) is 5.78 Å². The van der Waals surface area contributed by atoms with Crippen molar-refractivity contribution in [3.63, 3.8) is 0 Å². The molecule has 0 aliphatic carbocycles. The highest BCUT2D eigenvalue weighted by molar-refractivity contribution is 14.1. The molecule has 1 heterocycles. The maximum absolute atomic E-state index is 11.4. The fourth-order valence-electron chi connectivity index (χ4n) is 1.31. The lowest BCUT2D eigenvalue weighted by atomic mass is 10.1. The Morgan fingerprint density at radius 2 is 2.23 bits per heavy atom. The number of hydrogen-bond donors (Lipinski definition) is 1. The number of hydrogen-bond acceptors (Lipinski definition) is 3. The number of carbonyl (C=O) groups is 1. The van der Waals surface area contributed by atoms with E-state index in [4.69, 9.17) is 4.74 Å². The van der Waals surface area contributed by atoms with Crippen molar-refractivity contribution in [1.29, 1.82) is 0 Å². The molecular weight excluding hydrogens is 283 g/mol. The van der Waals surface area contributed by atoms with Crippen LogP contribution in [0.5, 0.6) is 11.5 Å². The van der Waals surface area contributed by atoms with E-state index < -0.39 is 0 Å². The first-order chi connectivity index (χ1) is 6.18. The summed E-state index contributed by atoms with van der Waals surface area (Å²) in [6.07, 6.45) is 0.395. The number of Topliss-reactive ketones (excluding diaryl/α,β-unsaturated/α-hetero) is 1. The highest BCUT2D eigenvalue weighted by atomic mass is 127. The lowest BCUT2D eigenvalue weighted by Crippen LogP contribution is -2.16. The largest absolute Gasteiger partial charge is 0.508 e. The van der Waals surface area contributed by atoms with Crippen LogP contribution in [0.15, 0.2) is 12.1 Å². The van der Waals surface area contributed by atoms with Gasteiger partial charge >= 0.3 is 0 Å². The van der Waals surface area contributed by atoms with E-state index in [1.165, 1.54) is 6.07 Å². The van der Waals surface area contributed by atoms with Crippen molar-refractivity contribution in [3.05, 3.63) is 21.3 Å². The van der Waals surface area contributed by atoms with Crippen LogP contribution in [-0.4, -0.2) is 17.5 Å². The van der Waals surface area contributed by atoms with Gasteiger partial charge in [0.1, 0.15) is 11.5 Å². The van der Waals surface area contributed by atoms with Gasteiger partial charge in [-0.25, -0.2) is 0 Å². The molecule has 0 spiro atoms. The van der Waals surface area contributed by atoms with Crippen LogP contribution in [0.4, 0.5) is 0 Å². The van der Waals surface area contributed by atoms with E-state index in [1.807, 2.05) is 22.6 Å². The number of fused-ring (bicyclic) bond motifs is 1. The second-order valence-electron chi connectivity index (χ2n) is 2.83. The molecule has 1 aliphatic heterocycles. The molecule has 1 aromatic carbocycles. The Kier molecular flexibility index (Phi) is 2.15. The summed E-state index contributed by atoms with van der Waals surface area (Å²) in [6, 6.07) is 3.04. The minimum Gasteiger partial charge on any atom is -0.508 e. The summed E-state index contributed by atoms with van der Waals surface area (Å²) in [4.78, 5) is 11.4. The Morgan fingerprint density at radius 3 is 3.00 bits per heavy atom. The lowest BCUT2D eigenvalue weighted by Gasteiger charge is -2.17. The minimum atomic E-state index is 0.0371. The first-order valence-corrected chi connectivity index (χ1v) is 4.95. The van der Waals surface area contributed by atoms with Gasteiger partial charge in [-0.05, 0) is 34.7 Å². The van der Waals surface area contributed by atoms with E-state index in [9.17, 15) is 9.90 Å². The number of ketones is 1. The van der Waals surface area contributed by atoms with Crippen molar-refractivity contribution in [1.82, 2.24) is 0 Å². The third-order valence-corrected chi connectivity index (χ3v) is 2.71. The van der Waals surface area contributed by atoms with Gasteiger partial charge in [0, 0.05) is 6.42 Å². The third-order valence-electron chi connectivity index (χ3n) is 1.90. The SMILES string of the molecule is O=C1CCOc2c(I)cc(O)cc21. The predicted molar refractivity (Wildman–Crippen MR) is 55.3 cm³/mol. The zero-order valence-corrected chi connectivity index (χ0v) is 8.87. The van der Waals surface area contributed by atoms with Crippen molar-refractivity contribution in [2.75, 3.05) is 6.61 Å². The third kappa shape index (κ3) is 1.50. The average molecular weight is 290 g/mol. The first kappa shape index (κ1) is 8.80. The molecule has 0 amide bonds. The van der Waals surface area contributed by atoms with Crippen LogP contribution in [0.25, 0.3) is 0 Å². The summed E-state index contributed by atoms with van der Waals surface area (Å²) in [6.45, 7) is 0.437. The number of benzene rings is 1. The molecule has 4 heteroatoms. The normalized spacial score (nSPS) is 15.0. The molecule has 0 saturated carbocycles. The highest BCUT2D eigenvalue weighted by Gasteiger charge is 2.21. The van der Waals surface area contributed by atoms with Crippen LogP contribution in [0.1, 0.15) is 16.8 Å². The van der Waals surface area contributed by atoms with Gasteiger partial charge < -0.3 is 9.84 Å². The van der Waals surface area contributed by atoms with Crippen LogP contribution in [0, 0.1) is 3.57 Å². The molecule has 0 radical (unpaired) electrons. The van der Waals surface area contributed by atoms with Crippen molar-refractivity contribution in [3.8, 4) is 11.5 Å². The Balaban J connectivity index is 2.63. The van der Waals surface area contributed by atoms with E-state index in [2.05, 4.69) is 0 Å². The quantitative estimate of drug-likeness (QED) is 0.743. The van der Waals surface area contributed by atoms with E-state index in [0.717, 1.165) is 3.57 Å². The van der Waals surface area contributed by atoms with Gasteiger partial charge in [-0.15, -0.1) is 0 Å². The Labute approximate surface area is 88.9 Å². The molecule has 0 atom stereocenters. The molecule has 1 N–H and O–H groups in total. The van der Waals surface area contributed by atoms with Crippen LogP contribution >= 0.6 is 22.6 Å². The van der Waals surface area contributed by atoms with Crippen molar-refractivity contribution < 1.29 is 14.6 Å². The van der Waals surface area contributed by atoms with Gasteiger partial charge in [0.2, 0.25) is 0 Å². The monoisotopic (exact) mass is 290 g/mol. The van der Waals surface area contributed by atoms with Crippen LogP contribution < -0.4 is 4.74 Å². The Hall–Kier alpha value is -0.780. The second kappa shape index (κ2) is 3.17. The molecule has 2 rings (SSSR count). The van der Waals surface area contributed by atoms with E-state index in [1.54, 1.807) is 6.07 Å². The van der Waals surface area contributed by atoms with Crippen molar-refractivity contribution in [2.45, 2.75) is 6.42 Å². The fraction of sp³-hybridized carbons (Fsp3) is 0.222. The number of phenols is 1. The first-order valence-electron chi connectivity index (χ1n) is 3.87. The number of aromatic hydroxyl groups is 1. The Bertz CT molecular complexity index is 373. The number of halogens is 1. The van der Waals surface area contributed by atoms with Crippen LogP contribution in [0.2, 0.25) is 0 Å². The molecule has 0 saturated heterocycles. The van der Waals surface area contributed by atoms with Crippen molar-refractivity contribution >= 4 is 28.4 Å². The van der Waals surface area contributed by atoms with Gasteiger partial charge in [-0.1, -0.05) is 0 Å². The molecule has 0 unspecified atom stereocenters. The minimum absolute atomic E-state index is 0.0371. The molecule has 68 valence electrons. The van der Waals surface area contributed by atoms with E-state index in [-0.39, 0.29) is 11.5 Å². The molecule has 0 aromatic heterocycles. The second-order valence-corrected chi connectivity index (χ2v) is 3.99. The van der Waals surface area contributed by atoms with Gasteiger partial charge in [-0.3, -0.25) is 4.79 Å². The van der Waals surface area contributed by atoms with Crippen molar-refractivity contribution in [2.24, 2.45) is 0 Å². The fourth-order valence-corrected chi connectivity index (χ4v) is 2.08. The molecule has 0 fully saturated rings. The van der Waals surface area contributed by atoms with Crippen LogP contribution in [-0.2, 0) is 0 Å². The maximum Gasteiger partial charge on any atom is 0.170 e. The summed E-state index contributed by atoms with van der Waals surface area (Å²) in [5.74, 6) is 0.756. The molecule has 3 nitrogen and oxygen atoms in total. The van der Waals surface area contributed by atoms with E-state index >= 15 is 0 Å². The molecule has 13 heavy (non-hydrogen) atoms. The van der Waals surface area contributed by atoms with Crippen LogP contribution in [0.3, 0.4) is 0 Å². The predicted octanol–water partition coefficient (Wildman–Crippen LogP) is 1.96. The number of carbonyl (C=O) groups excluding carboxylic acids is 1. The summed E-state index contributed by atoms with van der Waals surface area (Å²) in [5, 5.41) is 9.27. The molecule has 0 bridgehead atoms. The average Bonchev–Trinajstić information content (AvgIpc) is 2.07. The smallest absolute Gasteiger partial charge is 0.170 e. The van der Waals surface area contributed by atoms with E-state index in [0.29, 0.717) is 24.3 Å². The Morgan fingerprint density at radius 1 is 1.46 bits per heavy atom. The summed E-state index contributed by atoms with van der Waals surface area (Å²) in [5.41, 5.74) is 0.496. The lowest BCUT2D eigenvalue weighted by molar-refractivity contribution is 0.0932. The van der Waals surface area contributed by atoms with Gasteiger partial charge in [-0.2, -0.15) is 0 Å². The standard InChI is InChI=1S/C9H7IO3/c10-7-4-5(11)3-6-8(12)1-2-13-9(6)7/h3-4,11H,1-2H2. The zero-order valence-electron chi connectivity index (χ0n) is 6.71. The summed E-state index contributed by atoms with van der Waals surface area (Å²) < 4.78 is 6.12.